The smallest absolute Gasteiger partial charge is 0.233 e. The van der Waals surface area contributed by atoms with Crippen LogP contribution in [0.15, 0.2) is 53.0 Å². The van der Waals surface area contributed by atoms with Crippen LogP contribution >= 0.6 is 15.9 Å². The maximum Gasteiger partial charge on any atom is 0.233 e. The molecule has 2 rings (SSSR count). The molecule has 0 saturated carbocycles. The lowest BCUT2D eigenvalue weighted by molar-refractivity contribution is 0.600. The largest absolute Gasteiger partial charge is 0.282 e. The van der Waals surface area contributed by atoms with Gasteiger partial charge in [-0.15, -0.1) is 0 Å². The van der Waals surface area contributed by atoms with Gasteiger partial charge in [0.1, 0.15) is 0 Å². The van der Waals surface area contributed by atoms with Crippen molar-refractivity contribution in [2.75, 3.05) is 10.5 Å². The van der Waals surface area contributed by atoms with Gasteiger partial charge in [0.05, 0.1) is 11.4 Å². The van der Waals surface area contributed by atoms with E-state index >= 15 is 0 Å². The molecule has 0 bridgehead atoms. The number of hydrogen-bond donors (Lipinski definition) is 1. The SMILES string of the molecule is Cc1cccc(NS(=O)(=O)CCc2ccccc2)c1Br. The Hall–Kier alpha value is -1.33. The van der Waals surface area contributed by atoms with Gasteiger partial charge in [-0.05, 0) is 46.5 Å². The number of halogens is 1. The molecule has 0 amide bonds. The zero-order chi connectivity index (χ0) is 14.6. The first-order chi connectivity index (χ1) is 9.48. The van der Waals surface area contributed by atoms with E-state index in [-0.39, 0.29) is 5.75 Å². The number of hydrogen-bond acceptors (Lipinski definition) is 2. The molecule has 0 atom stereocenters. The molecule has 0 heterocycles. The lowest BCUT2D eigenvalue weighted by atomic mass is 10.2. The maximum atomic E-state index is 12.1. The molecule has 0 aliphatic carbocycles. The molecule has 0 unspecified atom stereocenters. The highest BCUT2D eigenvalue weighted by atomic mass is 79.9. The van der Waals surface area contributed by atoms with Crippen molar-refractivity contribution in [2.45, 2.75) is 13.3 Å². The van der Waals surface area contributed by atoms with E-state index in [1.54, 1.807) is 6.07 Å². The Morgan fingerprint density at radius 3 is 2.45 bits per heavy atom. The van der Waals surface area contributed by atoms with Crippen LogP contribution in [0.4, 0.5) is 5.69 Å². The topological polar surface area (TPSA) is 46.2 Å². The summed E-state index contributed by atoms with van der Waals surface area (Å²) >= 11 is 3.40. The highest BCUT2D eigenvalue weighted by Gasteiger charge is 2.13. The van der Waals surface area contributed by atoms with Crippen molar-refractivity contribution in [3.63, 3.8) is 0 Å². The Kier molecular flexibility index (Phi) is 4.83. The van der Waals surface area contributed by atoms with Gasteiger partial charge in [-0.2, -0.15) is 0 Å². The molecular weight excluding hydrogens is 338 g/mol. The summed E-state index contributed by atoms with van der Waals surface area (Å²) in [5.74, 6) is 0.0669. The highest BCUT2D eigenvalue weighted by Crippen LogP contribution is 2.26. The number of sulfonamides is 1. The van der Waals surface area contributed by atoms with Gasteiger partial charge in [0.25, 0.3) is 0 Å². The minimum absolute atomic E-state index is 0.0669. The molecule has 1 N–H and O–H groups in total. The van der Waals surface area contributed by atoms with Crippen LogP contribution in [0.5, 0.6) is 0 Å². The van der Waals surface area contributed by atoms with E-state index < -0.39 is 10.0 Å². The summed E-state index contributed by atoms with van der Waals surface area (Å²) in [4.78, 5) is 0. The van der Waals surface area contributed by atoms with Crippen LogP contribution in [-0.2, 0) is 16.4 Å². The van der Waals surface area contributed by atoms with Gasteiger partial charge >= 0.3 is 0 Å². The van der Waals surface area contributed by atoms with E-state index in [0.717, 1.165) is 15.6 Å². The molecule has 0 aliphatic rings. The molecule has 0 radical (unpaired) electrons. The van der Waals surface area contributed by atoms with E-state index in [4.69, 9.17) is 0 Å². The predicted octanol–water partition coefficient (Wildman–Crippen LogP) is 3.74. The van der Waals surface area contributed by atoms with E-state index in [0.29, 0.717) is 12.1 Å². The Bertz CT molecular complexity index is 684. The first-order valence-electron chi connectivity index (χ1n) is 6.27. The summed E-state index contributed by atoms with van der Waals surface area (Å²) in [6, 6.07) is 15.1. The Morgan fingerprint density at radius 1 is 1.05 bits per heavy atom. The third-order valence-electron chi connectivity index (χ3n) is 2.96. The molecule has 0 spiro atoms. The lowest BCUT2D eigenvalue weighted by Crippen LogP contribution is -2.18. The second kappa shape index (κ2) is 6.41. The maximum absolute atomic E-state index is 12.1. The quantitative estimate of drug-likeness (QED) is 0.889. The average Bonchev–Trinajstić information content (AvgIpc) is 2.43. The number of anilines is 1. The molecule has 2 aromatic carbocycles. The first-order valence-corrected chi connectivity index (χ1v) is 8.72. The van der Waals surface area contributed by atoms with Crippen molar-refractivity contribution < 1.29 is 8.42 Å². The Morgan fingerprint density at radius 2 is 1.75 bits per heavy atom. The minimum atomic E-state index is -3.35. The third kappa shape index (κ3) is 4.08. The van der Waals surface area contributed by atoms with Crippen molar-refractivity contribution in [3.05, 3.63) is 64.1 Å². The van der Waals surface area contributed by atoms with Crippen LogP contribution in [0.1, 0.15) is 11.1 Å². The second-order valence-corrected chi connectivity index (χ2v) is 7.23. The van der Waals surface area contributed by atoms with Gasteiger partial charge in [-0.3, -0.25) is 4.72 Å². The highest BCUT2D eigenvalue weighted by molar-refractivity contribution is 9.10. The zero-order valence-corrected chi connectivity index (χ0v) is 13.5. The van der Waals surface area contributed by atoms with Crippen LogP contribution in [0.25, 0.3) is 0 Å². The molecule has 0 fully saturated rings. The molecule has 20 heavy (non-hydrogen) atoms. The minimum Gasteiger partial charge on any atom is -0.282 e. The van der Waals surface area contributed by atoms with Crippen LogP contribution in [0, 0.1) is 6.92 Å². The van der Waals surface area contributed by atoms with Crippen LogP contribution < -0.4 is 4.72 Å². The Balaban J connectivity index is 2.06. The summed E-state index contributed by atoms with van der Waals surface area (Å²) in [7, 11) is -3.35. The van der Waals surface area contributed by atoms with Crippen LogP contribution in [-0.4, -0.2) is 14.2 Å². The van der Waals surface area contributed by atoms with Gasteiger partial charge in [-0.1, -0.05) is 42.5 Å². The fraction of sp³-hybridized carbons (Fsp3) is 0.200. The summed E-state index contributed by atoms with van der Waals surface area (Å²) in [5.41, 5.74) is 2.59. The molecule has 3 nitrogen and oxygen atoms in total. The van der Waals surface area contributed by atoms with Crippen molar-refractivity contribution in [3.8, 4) is 0 Å². The van der Waals surface area contributed by atoms with E-state index in [9.17, 15) is 8.42 Å². The standard InChI is InChI=1S/C15H16BrNO2S/c1-12-6-5-9-14(15(12)16)17-20(18,19)11-10-13-7-3-2-4-8-13/h2-9,17H,10-11H2,1H3. The predicted molar refractivity (Wildman–Crippen MR) is 86.4 cm³/mol. The first kappa shape index (κ1) is 15.1. The van der Waals surface area contributed by atoms with E-state index in [1.807, 2.05) is 49.4 Å². The summed E-state index contributed by atoms with van der Waals surface area (Å²) in [6.45, 7) is 1.92. The number of rotatable bonds is 5. The summed E-state index contributed by atoms with van der Waals surface area (Å²) in [5, 5.41) is 0. The number of benzene rings is 2. The fourth-order valence-corrected chi connectivity index (χ4v) is 3.45. The monoisotopic (exact) mass is 353 g/mol. The Labute approximate surface area is 128 Å². The summed E-state index contributed by atoms with van der Waals surface area (Å²) < 4.78 is 27.6. The fourth-order valence-electron chi connectivity index (χ4n) is 1.84. The van der Waals surface area contributed by atoms with Crippen molar-refractivity contribution in [1.82, 2.24) is 0 Å². The second-order valence-electron chi connectivity index (χ2n) is 4.59. The van der Waals surface area contributed by atoms with Gasteiger partial charge in [0, 0.05) is 4.47 Å². The van der Waals surface area contributed by atoms with Crippen LogP contribution in [0.2, 0.25) is 0 Å². The van der Waals surface area contributed by atoms with Crippen molar-refractivity contribution in [2.24, 2.45) is 0 Å². The normalized spacial score (nSPS) is 11.3. The molecule has 0 saturated heterocycles. The molecule has 2 aromatic rings. The summed E-state index contributed by atoms with van der Waals surface area (Å²) in [6.07, 6.45) is 0.500. The van der Waals surface area contributed by atoms with Gasteiger partial charge in [-0.25, -0.2) is 8.42 Å². The van der Waals surface area contributed by atoms with Gasteiger partial charge < -0.3 is 0 Å². The number of aryl methyl sites for hydroxylation is 2. The zero-order valence-electron chi connectivity index (χ0n) is 11.1. The molecule has 106 valence electrons. The lowest BCUT2D eigenvalue weighted by Gasteiger charge is -2.11. The average molecular weight is 354 g/mol. The third-order valence-corrected chi connectivity index (χ3v) is 5.28. The van der Waals surface area contributed by atoms with Crippen molar-refractivity contribution >= 4 is 31.6 Å². The van der Waals surface area contributed by atoms with Gasteiger partial charge in [0.15, 0.2) is 0 Å². The van der Waals surface area contributed by atoms with Crippen LogP contribution in [0.3, 0.4) is 0 Å². The number of nitrogens with one attached hydrogen (secondary N) is 1. The van der Waals surface area contributed by atoms with E-state index in [2.05, 4.69) is 20.7 Å². The molecule has 0 aliphatic heterocycles. The van der Waals surface area contributed by atoms with Gasteiger partial charge in [0.2, 0.25) is 10.0 Å². The molecule has 5 heteroatoms. The molecular formula is C15H16BrNO2S. The molecule has 0 aromatic heterocycles. The van der Waals surface area contributed by atoms with Crippen molar-refractivity contribution in [1.29, 1.82) is 0 Å². The van der Waals surface area contributed by atoms with E-state index in [1.165, 1.54) is 0 Å².